The first-order valence-electron chi connectivity index (χ1n) is 9.98. The van der Waals surface area contributed by atoms with Crippen molar-refractivity contribution in [3.63, 3.8) is 0 Å². The first kappa shape index (κ1) is 25.7. The van der Waals surface area contributed by atoms with E-state index >= 15 is 0 Å². The molecule has 1 aromatic carbocycles. The smallest absolute Gasteiger partial charge is 0.409 e. The third-order valence-electron chi connectivity index (χ3n) is 4.09. The number of amides is 1. The zero-order valence-corrected chi connectivity index (χ0v) is 17.9. The molecule has 0 fully saturated rings. The summed E-state index contributed by atoms with van der Waals surface area (Å²) in [6.07, 6.45) is -0.331. The number of carbonyl (C=O) groups excluding carboxylic acids is 1. The first-order valence-corrected chi connectivity index (χ1v) is 9.98. The van der Waals surface area contributed by atoms with Crippen LogP contribution in [-0.4, -0.2) is 95.8 Å². The second-order valence-electron chi connectivity index (χ2n) is 6.56. The van der Waals surface area contributed by atoms with Gasteiger partial charge in [0.05, 0.1) is 39.6 Å². The maximum absolute atomic E-state index is 12.0. The van der Waals surface area contributed by atoms with E-state index in [-0.39, 0.29) is 12.7 Å². The summed E-state index contributed by atoms with van der Waals surface area (Å²) < 4.78 is 21.4. The molecule has 1 amide bonds. The Morgan fingerprint density at radius 3 is 2.23 bits per heavy atom. The Hall–Kier alpha value is -2.36. The summed E-state index contributed by atoms with van der Waals surface area (Å²) in [6, 6.07) is 9.61. The molecule has 0 unspecified atom stereocenters. The van der Waals surface area contributed by atoms with Crippen molar-refractivity contribution in [2.45, 2.75) is 6.61 Å². The van der Waals surface area contributed by atoms with Crippen LogP contribution in [0.15, 0.2) is 35.4 Å². The largest absolute Gasteiger partial charge is 0.445 e. The zero-order chi connectivity index (χ0) is 21.9. The molecule has 1 rings (SSSR count). The Bertz CT molecular complexity index is 613. The Balaban J connectivity index is 1.94. The summed E-state index contributed by atoms with van der Waals surface area (Å²) >= 11 is 0. The summed E-state index contributed by atoms with van der Waals surface area (Å²) in [6.45, 7) is 5.61. The lowest BCUT2D eigenvalue weighted by molar-refractivity contribution is 0.0126. The number of hydrogen-bond donors (Lipinski definition) is 0. The molecule has 0 aromatic heterocycles. The maximum Gasteiger partial charge on any atom is 0.409 e. The van der Waals surface area contributed by atoms with Gasteiger partial charge in [-0.1, -0.05) is 35.4 Å². The average molecular weight is 424 g/mol. The third-order valence-corrected chi connectivity index (χ3v) is 4.09. The number of nitrogens with zero attached hydrogens (tertiary/aromatic N) is 5. The Kier molecular flexibility index (Phi) is 15.0. The van der Waals surface area contributed by atoms with E-state index < -0.39 is 0 Å². The lowest BCUT2D eigenvalue weighted by Gasteiger charge is -2.21. The number of hydrogen-bond acceptors (Lipinski definition) is 7. The molecule has 30 heavy (non-hydrogen) atoms. The van der Waals surface area contributed by atoms with Gasteiger partial charge in [-0.3, -0.25) is 0 Å². The number of ether oxygens (including phenoxy) is 4. The van der Waals surface area contributed by atoms with Crippen molar-refractivity contribution >= 4 is 6.09 Å². The Morgan fingerprint density at radius 2 is 1.57 bits per heavy atom. The van der Waals surface area contributed by atoms with Crippen molar-refractivity contribution in [3.05, 3.63) is 46.3 Å². The van der Waals surface area contributed by atoms with Crippen LogP contribution in [0.2, 0.25) is 0 Å². The Labute approximate surface area is 178 Å². The van der Waals surface area contributed by atoms with Crippen LogP contribution in [0.4, 0.5) is 4.79 Å². The number of benzene rings is 1. The predicted molar refractivity (Wildman–Crippen MR) is 113 cm³/mol. The standard InChI is InChI=1S/C20H33N5O5/c1-24(11-13-28-15-17-29-16-14-27-12-8-22-23-21)9-10-25(2)20(26)30-18-19-6-4-3-5-7-19/h3-7H,8-18H2,1-2H3. The van der Waals surface area contributed by atoms with E-state index in [9.17, 15) is 4.79 Å². The molecule has 0 heterocycles. The van der Waals surface area contributed by atoms with Crippen LogP contribution >= 0.6 is 0 Å². The van der Waals surface area contributed by atoms with Crippen LogP contribution in [0, 0.1) is 0 Å². The lowest BCUT2D eigenvalue weighted by atomic mass is 10.2. The first-order chi connectivity index (χ1) is 14.6. The molecule has 0 aliphatic rings. The molecular formula is C20H33N5O5. The minimum absolute atomic E-state index is 0.275. The van der Waals surface area contributed by atoms with Gasteiger partial charge in [0.1, 0.15) is 6.61 Å². The number of rotatable bonds is 17. The third kappa shape index (κ3) is 13.8. The van der Waals surface area contributed by atoms with Gasteiger partial charge in [-0.15, -0.1) is 0 Å². The molecular weight excluding hydrogens is 390 g/mol. The van der Waals surface area contributed by atoms with Crippen molar-refractivity contribution in [2.75, 3.05) is 79.9 Å². The van der Waals surface area contributed by atoms with Crippen LogP contribution in [0.1, 0.15) is 5.56 Å². The summed E-state index contributed by atoms with van der Waals surface area (Å²) in [5, 5.41) is 3.37. The fourth-order valence-corrected chi connectivity index (χ4v) is 2.27. The molecule has 10 heteroatoms. The van der Waals surface area contributed by atoms with Crippen LogP contribution in [-0.2, 0) is 25.6 Å². The average Bonchev–Trinajstić information content (AvgIpc) is 2.77. The van der Waals surface area contributed by atoms with Gasteiger partial charge in [-0.05, 0) is 18.1 Å². The van der Waals surface area contributed by atoms with Gasteiger partial charge in [0.25, 0.3) is 0 Å². The van der Waals surface area contributed by atoms with E-state index in [4.69, 9.17) is 24.5 Å². The van der Waals surface area contributed by atoms with Crippen molar-refractivity contribution in [2.24, 2.45) is 5.11 Å². The Morgan fingerprint density at radius 1 is 0.933 bits per heavy atom. The maximum atomic E-state index is 12.0. The van der Waals surface area contributed by atoms with Crippen molar-refractivity contribution in [1.82, 2.24) is 9.80 Å². The number of azide groups is 1. The normalized spacial score (nSPS) is 10.6. The number of carbonyl (C=O) groups is 1. The molecule has 0 radical (unpaired) electrons. The molecule has 168 valence electrons. The minimum Gasteiger partial charge on any atom is -0.445 e. The highest BCUT2D eigenvalue weighted by Gasteiger charge is 2.11. The summed E-state index contributed by atoms with van der Waals surface area (Å²) in [5.41, 5.74) is 9.08. The van der Waals surface area contributed by atoms with Crippen LogP contribution in [0.5, 0.6) is 0 Å². The van der Waals surface area contributed by atoms with Crippen molar-refractivity contribution in [3.8, 4) is 0 Å². The van der Waals surface area contributed by atoms with Gasteiger partial charge in [0.15, 0.2) is 0 Å². The molecule has 10 nitrogen and oxygen atoms in total. The molecule has 0 bridgehead atoms. The molecule has 0 saturated heterocycles. The molecule has 0 atom stereocenters. The molecule has 1 aromatic rings. The van der Waals surface area contributed by atoms with Gasteiger partial charge in [-0.2, -0.15) is 0 Å². The van der Waals surface area contributed by atoms with Gasteiger partial charge in [-0.25, -0.2) is 4.79 Å². The fraction of sp³-hybridized carbons (Fsp3) is 0.650. The predicted octanol–water partition coefficient (Wildman–Crippen LogP) is 2.55. The monoisotopic (exact) mass is 423 g/mol. The second-order valence-corrected chi connectivity index (χ2v) is 6.56. The fourth-order valence-electron chi connectivity index (χ4n) is 2.27. The van der Waals surface area contributed by atoms with Gasteiger partial charge in [0.2, 0.25) is 0 Å². The molecule has 0 saturated carbocycles. The van der Waals surface area contributed by atoms with E-state index in [1.54, 1.807) is 11.9 Å². The van der Waals surface area contributed by atoms with E-state index in [2.05, 4.69) is 14.9 Å². The van der Waals surface area contributed by atoms with Gasteiger partial charge in [0, 0.05) is 38.1 Å². The summed E-state index contributed by atoms with van der Waals surface area (Å²) in [5.74, 6) is 0. The quantitative estimate of drug-likeness (QED) is 0.165. The SMILES string of the molecule is CN(CCOCCOCCOCCN=[N+]=[N-])CCN(C)C(=O)OCc1ccccc1. The number of likely N-dealkylation sites (N-methyl/N-ethyl adjacent to an activating group) is 2. The molecule has 0 spiro atoms. The molecule has 0 aliphatic carbocycles. The van der Waals surface area contributed by atoms with E-state index in [0.717, 1.165) is 18.7 Å². The zero-order valence-electron chi connectivity index (χ0n) is 17.9. The molecule has 0 N–H and O–H groups in total. The van der Waals surface area contributed by atoms with E-state index in [1.807, 2.05) is 37.4 Å². The van der Waals surface area contributed by atoms with Crippen LogP contribution in [0.3, 0.4) is 0 Å². The van der Waals surface area contributed by atoms with Gasteiger partial charge < -0.3 is 28.7 Å². The molecule has 0 aliphatic heterocycles. The topological polar surface area (TPSA) is 109 Å². The highest BCUT2D eigenvalue weighted by molar-refractivity contribution is 5.67. The van der Waals surface area contributed by atoms with E-state index in [0.29, 0.717) is 52.7 Å². The van der Waals surface area contributed by atoms with Crippen molar-refractivity contribution < 1.29 is 23.7 Å². The van der Waals surface area contributed by atoms with Crippen molar-refractivity contribution in [1.29, 1.82) is 0 Å². The summed E-state index contributed by atoms with van der Waals surface area (Å²) in [4.78, 5) is 18.3. The lowest BCUT2D eigenvalue weighted by Crippen LogP contribution is -2.36. The van der Waals surface area contributed by atoms with Gasteiger partial charge >= 0.3 is 6.09 Å². The highest BCUT2D eigenvalue weighted by atomic mass is 16.6. The van der Waals surface area contributed by atoms with E-state index in [1.165, 1.54) is 0 Å². The minimum atomic E-state index is -0.331. The second kappa shape index (κ2) is 17.5. The highest BCUT2D eigenvalue weighted by Crippen LogP contribution is 2.02. The van der Waals surface area contributed by atoms with Crippen LogP contribution in [0.25, 0.3) is 10.4 Å². The van der Waals surface area contributed by atoms with Crippen LogP contribution < -0.4 is 0 Å². The summed E-state index contributed by atoms with van der Waals surface area (Å²) in [7, 11) is 3.71.